The molecule has 1 N–H and O–H groups in total. The van der Waals surface area contributed by atoms with E-state index < -0.39 is 17.9 Å². The third kappa shape index (κ3) is 3.17. The zero-order valence-electron chi connectivity index (χ0n) is 16.1. The number of Topliss-reactive ketones (excluding diaryl/α,β-unsaturated/α-hetero) is 1. The number of tetrazole rings is 1. The average Bonchev–Trinajstić information content (AvgIpc) is 3.26. The van der Waals surface area contributed by atoms with Gasteiger partial charge in [0.05, 0.1) is 26.2 Å². The minimum Gasteiger partial charge on any atom is -0.504 e. The molecule has 10 nitrogen and oxygen atoms in total. The predicted octanol–water partition coefficient (Wildman–Crippen LogP) is 1.73. The zero-order chi connectivity index (χ0) is 21.3. The average molecular weight is 407 g/mol. The van der Waals surface area contributed by atoms with Crippen LogP contribution >= 0.6 is 0 Å². The number of methoxy groups -OCH3 is 2. The second kappa shape index (κ2) is 7.74. The van der Waals surface area contributed by atoms with Crippen LogP contribution in [0.15, 0.2) is 53.5 Å². The molecular formula is C20H17N5O5. The third-order valence-corrected chi connectivity index (χ3v) is 4.85. The third-order valence-electron chi connectivity index (χ3n) is 4.85. The van der Waals surface area contributed by atoms with E-state index in [2.05, 4.69) is 20.5 Å². The lowest BCUT2D eigenvalue weighted by Crippen LogP contribution is -2.41. The summed E-state index contributed by atoms with van der Waals surface area (Å²) in [7, 11) is 2.63. The Labute approximate surface area is 170 Å². The molecule has 0 spiro atoms. The summed E-state index contributed by atoms with van der Waals surface area (Å²) in [6, 6.07) is 12.3. The molecule has 1 aliphatic rings. The SMILES string of the molecule is COC(=O)C1=Nc2nnnn2C(c2ccc(O)c(OC)c2)C1C(=O)c1ccccc1. The van der Waals surface area contributed by atoms with E-state index in [1.807, 2.05) is 0 Å². The Kier molecular flexibility index (Phi) is 4.97. The fourth-order valence-corrected chi connectivity index (χ4v) is 3.45. The van der Waals surface area contributed by atoms with Gasteiger partial charge >= 0.3 is 5.97 Å². The molecule has 0 fully saturated rings. The van der Waals surface area contributed by atoms with Crippen molar-refractivity contribution in [2.24, 2.45) is 10.9 Å². The number of aliphatic imine (C=N–C) groups is 1. The molecule has 10 heteroatoms. The van der Waals surface area contributed by atoms with Crippen LogP contribution in [0.3, 0.4) is 0 Å². The quantitative estimate of drug-likeness (QED) is 0.500. The van der Waals surface area contributed by atoms with Crippen molar-refractivity contribution in [2.75, 3.05) is 14.2 Å². The van der Waals surface area contributed by atoms with E-state index in [1.54, 1.807) is 42.5 Å². The van der Waals surface area contributed by atoms with Gasteiger partial charge in [-0.3, -0.25) is 4.79 Å². The molecule has 30 heavy (non-hydrogen) atoms. The lowest BCUT2D eigenvalue weighted by atomic mass is 9.82. The Morgan fingerprint density at radius 3 is 2.57 bits per heavy atom. The molecule has 2 aromatic carbocycles. The lowest BCUT2D eigenvalue weighted by molar-refractivity contribution is -0.133. The first-order valence-electron chi connectivity index (χ1n) is 8.96. The molecule has 152 valence electrons. The molecular weight excluding hydrogens is 390 g/mol. The van der Waals surface area contributed by atoms with Crippen LogP contribution in [0, 0.1) is 5.92 Å². The Bertz CT molecular complexity index is 1140. The van der Waals surface area contributed by atoms with Crippen molar-refractivity contribution >= 4 is 23.4 Å². The highest BCUT2D eigenvalue weighted by Gasteiger charge is 2.44. The number of carbonyl (C=O) groups excluding carboxylic acids is 2. The first kappa shape index (κ1) is 19.2. The van der Waals surface area contributed by atoms with Gasteiger partial charge in [0.1, 0.15) is 5.71 Å². The summed E-state index contributed by atoms with van der Waals surface area (Å²) in [5.74, 6) is -1.97. The molecule has 3 aromatic rings. The molecule has 0 bridgehead atoms. The highest BCUT2D eigenvalue weighted by Crippen LogP contribution is 2.39. The summed E-state index contributed by atoms with van der Waals surface area (Å²) in [6.45, 7) is 0. The molecule has 1 aromatic heterocycles. The van der Waals surface area contributed by atoms with E-state index in [1.165, 1.54) is 25.0 Å². The number of carbonyl (C=O) groups is 2. The summed E-state index contributed by atoms with van der Waals surface area (Å²) in [4.78, 5) is 30.3. The first-order chi connectivity index (χ1) is 14.5. The van der Waals surface area contributed by atoms with E-state index in [0.29, 0.717) is 11.1 Å². The van der Waals surface area contributed by atoms with Crippen molar-refractivity contribution in [3.8, 4) is 11.5 Å². The van der Waals surface area contributed by atoms with E-state index in [0.717, 1.165) is 0 Å². The lowest BCUT2D eigenvalue weighted by Gasteiger charge is -2.30. The maximum absolute atomic E-state index is 13.5. The summed E-state index contributed by atoms with van der Waals surface area (Å²) >= 11 is 0. The fourth-order valence-electron chi connectivity index (χ4n) is 3.45. The van der Waals surface area contributed by atoms with Gasteiger partial charge in [0.2, 0.25) is 0 Å². The Morgan fingerprint density at radius 1 is 1.10 bits per heavy atom. The Balaban J connectivity index is 1.93. The number of benzene rings is 2. The van der Waals surface area contributed by atoms with Crippen LogP contribution in [-0.4, -0.2) is 57.0 Å². The summed E-state index contributed by atoms with van der Waals surface area (Å²) in [6.07, 6.45) is 0. The van der Waals surface area contributed by atoms with E-state index in [4.69, 9.17) is 9.47 Å². The Morgan fingerprint density at radius 2 is 1.87 bits per heavy atom. The second-order valence-corrected chi connectivity index (χ2v) is 6.50. The number of phenolic OH excluding ortho intramolecular Hbond substituents is 1. The van der Waals surface area contributed by atoms with Gasteiger partial charge in [0.25, 0.3) is 5.95 Å². The highest BCUT2D eigenvalue weighted by molar-refractivity contribution is 6.42. The van der Waals surface area contributed by atoms with Crippen LogP contribution in [0.4, 0.5) is 5.95 Å². The number of ether oxygens (including phenoxy) is 2. The maximum atomic E-state index is 13.5. The molecule has 0 radical (unpaired) electrons. The molecule has 2 atom stereocenters. The van der Waals surface area contributed by atoms with Crippen molar-refractivity contribution in [3.05, 3.63) is 59.7 Å². The number of nitrogens with zero attached hydrogens (tertiary/aromatic N) is 5. The summed E-state index contributed by atoms with van der Waals surface area (Å²) in [5, 5.41) is 21.4. The number of aromatic nitrogens is 4. The number of ketones is 1. The van der Waals surface area contributed by atoms with Gasteiger partial charge in [-0.25, -0.2) is 14.5 Å². The van der Waals surface area contributed by atoms with Crippen LogP contribution < -0.4 is 4.74 Å². The topological polar surface area (TPSA) is 129 Å². The smallest absolute Gasteiger partial charge is 0.353 e. The summed E-state index contributed by atoms with van der Waals surface area (Å²) in [5.41, 5.74) is 0.834. The van der Waals surface area contributed by atoms with Crippen molar-refractivity contribution in [2.45, 2.75) is 6.04 Å². The van der Waals surface area contributed by atoms with Crippen LogP contribution in [0.25, 0.3) is 0 Å². The monoisotopic (exact) mass is 407 g/mol. The van der Waals surface area contributed by atoms with Crippen LogP contribution in [0.5, 0.6) is 11.5 Å². The van der Waals surface area contributed by atoms with Crippen LogP contribution in [0.2, 0.25) is 0 Å². The fraction of sp³-hybridized carbons (Fsp3) is 0.200. The van der Waals surface area contributed by atoms with Gasteiger partial charge in [-0.15, -0.1) is 0 Å². The van der Waals surface area contributed by atoms with Gasteiger partial charge < -0.3 is 14.6 Å². The van der Waals surface area contributed by atoms with Gasteiger partial charge in [-0.1, -0.05) is 41.5 Å². The predicted molar refractivity (Wildman–Crippen MR) is 104 cm³/mol. The number of hydrogen-bond acceptors (Lipinski definition) is 9. The molecule has 2 unspecified atom stereocenters. The highest BCUT2D eigenvalue weighted by atomic mass is 16.5. The van der Waals surface area contributed by atoms with Crippen molar-refractivity contribution in [3.63, 3.8) is 0 Å². The molecule has 2 heterocycles. The number of aromatic hydroxyl groups is 1. The maximum Gasteiger partial charge on any atom is 0.353 e. The molecule has 0 amide bonds. The number of phenols is 1. The largest absolute Gasteiger partial charge is 0.504 e. The van der Waals surface area contributed by atoms with E-state index >= 15 is 0 Å². The van der Waals surface area contributed by atoms with Gasteiger partial charge in [-0.05, 0) is 28.1 Å². The van der Waals surface area contributed by atoms with Crippen molar-refractivity contribution in [1.82, 2.24) is 20.2 Å². The molecule has 0 saturated heterocycles. The molecule has 0 aliphatic carbocycles. The van der Waals surface area contributed by atoms with E-state index in [9.17, 15) is 14.7 Å². The minimum atomic E-state index is -1.06. The number of rotatable bonds is 5. The van der Waals surface area contributed by atoms with Gasteiger partial charge in [0.15, 0.2) is 17.3 Å². The standard InChI is InChI=1S/C20H17N5O5/c1-29-14-10-12(8-9-13(14)26)17-15(18(27)11-6-4-3-5-7-11)16(19(28)30-2)21-20-22-23-24-25(17)20/h3-10,15,17,26H,1-2H3. The number of hydrogen-bond donors (Lipinski definition) is 1. The van der Waals surface area contributed by atoms with Crippen molar-refractivity contribution < 1.29 is 24.2 Å². The van der Waals surface area contributed by atoms with Crippen LogP contribution in [0.1, 0.15) is 22.0 Å². The van der Waals surface area contributed by atoms with Crippen LogP contribution in [-0.2, 0) is 9.53 Å². The molecule has 1 aliphatic heterocycles. The second-order valence-electron chi connectivity index (χ2n) is 6.50. The first-order valence-corrected chi connectivity index (χ1v) is 8.96. The number of fused-ring (bicyclic) bond motifs is 1. The molecule has 4 rings (SSSR count). The van der Waals surface area contributed by atoms with Gasteiger partial charge in [-0.2, -0.15) is 0 Å². The zero-order valence-corrected chi connectivity index (χ0v) is 16.1. The summed E-state index contributed by atoms with van der Waals surface area (Å²) < 4.78 is 11.5. The van der Waals surface area contributed by atoms with Crippen molar-refractivity contribution in [1.29, 1.82) is 0 Å². The van der Waals surface area contributed by atoms with E-state index in [-0.39, 0.29) is 28.9 Å². The van der Waals surface area contributed by atoms with Gasteiger partial charge in [0, 0.05) is 5.56 Å². The molecule has 0 saturated carbocycles. The normalized spacial score (nSPS) is 17.6. The minimum absolute atomic E-state index is 0.0598. The Hall–Kier alpha value is -4.08. The number of esters is 1.